The van der Waals surface area contributed by atoms with Gasteiger partial charge in [-0.25, -0.2) is 4.79 Å². The highest BCUT2D eigenvalue weighted by atomic mass is 35.5. The van der Waals surface area contributed by atoms with Gasteiger partial charge in [-0.2, -0.15) is 5.10 Å². The standard InChI is InChI=1S/C17H14Cl2N2O3/c1-9-11-6-5-10(16(22)17(23)24)7-15(11)21(20-9)8-12-13(18)3-2-4-14(12)19/h2-7,16,22H,8H2,1H3,(H,23,24). The van der Waals surface area contributed by atoms with Crippen molar-refractivity contribution in [3.8, 4) is 0 Å². The average molecular weight is 365 g/mol. The first-order valence-corrected chi connectivity index (χ1v) is 7.95. The number of carboxylic acids is 1. The lowest BCUT2D eigenvalue weighted by Crippen LogP contribution is -2.10. The highest BCUT2D eigenvalue weighted by Crippen LogP contribution is 2.28. The van der Waals surface area contributed by atoms with E-state index in [2.05, 4.69) is 5.10 Å². The van der Waals surface area contributed by atoms with Gasteiger partial charge < -0.3 is 10.2 Å². The molecule has 5 nitrogen and oxygen atoms in total. The van der Waals surface area contributed by atoms with Gasteiger partial charge in [0.15, 0.2) is 6.10 Å². The molecule has 0 radical (unpaired) electrons. The van der Waals surface area contributed by atoms with Crippen LogP contribution in [0.2, 0.25) is 10.0 Å². The topological polar surface area (TPSA) is 75.3 Å². The van der Waals surface area contributed by atoms with E-state index in [1.54, 1.807) is 41.1 Å². The quantitative estimate of drug-likeness (QED) is 0.737. The van der Waals surface area contributed by atoms with E-state index in [0.29, 0.717) is 27.7 Å². The summed E-state index contributed by atoms with van der Waals surface area (Å²) in [6.07, 6.45) is -1.58. The molecule has 0 fully saturated rings. The number of aliphatic carboxylic acids is 1. The zero-order chi connectivity index (χ0) is 17.4. The molecule has 0 saturated heterocycles. The zero-order valence-corrected chi connectivity index (χ0v) is 14.2. The Kier molecular flexibility index (Phi) is 4.49. The molecule has 1 aromatic heterocycles. The largest absolute Gasteiger partial charge is 0.479 e. The molecular formula is C17H14Cl2N2O3. The van der Waals surface area contributed by atoms with Crippen LogP contribution in [0, 0.1) is 6.92 Å². The van der Waals surface area contributed by atoms with Gasteiger partial charge in [-0.1, -0.05) is 41.4 Å². The normalized spacial score (nSPS) is 12.5. The summed E-state index contributed by atoms with van der Waals surface area (Å²) in [6, 6.07) is 10.2. The first-order chi connectivity index (χ1) is 11.4. The van der Waals surface area contributed by atoms with Gasteiger partial charge in [0.2, 0.25) is 0 Å². The maximum Gasteiger partial charge on any atom is 0.337 e. The number of hydrogen-bond donors (Lipinski definition) is 2. The molecular weight excluding hydrogens is 351 g/mol. The van der Waals surface area contributed by atoms with E-state index in [1.165, 1.54) is 0 Å². The maximum absolute atomic E-state index is 11.0. The summed E-state index contributed by atoms with van der Waals surface area (Å²) < 4.78 is 1.70. The van der Waals surface area contributed by atoms with Crippen LogP contribution in [0.1, 0.15) is 22.9 Å². The van der Waals surface area contributed by atoms with Gasteiger partial charge >= 0.3 is 5.97 Å². The molecule has 2 N–H and O–H groups in total. The third-order valence-corrected chi connectivity index (χ3v) is 4.59. The third kappa shape index (κ3) is 2.98. The van der Waals surface area contributed by atoms with Crippen molar-refractivity contribution in [1.29, 1.82) is 0 Å². The molecule has 0 spiro atoms. The van der Waals surface area contributed by atoms with Crippen molar-refractivity contribution in [2.45, 2.75) is 19.6 Å². The molecule has 0 aliphatic carbocycles. The second kappa shape index (κ2) is 6.43. The predicted molar refractivity (Wildman–Crippen MR) is 92.6 cm³/mol. The van der Waals surface area contributed by atoms with Crippen molar-refractivity contribution in [2.24, 2.45) is 0 Å². The second-order valence-electron chi connectivity index (χ2n) is 5.46. The number of nitrogens with zero attached hydrogens (tertiary/aromatic N) is 2. The maximum atomic E-state index is 11.0. The average Bonchev–Trinajstić information content (AvgIpc) is 2.86. The van der Waals surface area contributed by atoms with Crippen LogP contribution in [0.5, 0.6) is 0 Å². The molecule has 0 aliphatic heterocycles. The molecule has 124 valence electrons. The predicted octanol–water partition coefficient (Wildman–Crippen LogP) is 3.82. The Morgan fingerprint density at radius 1 is 1.25 bits per heavy atom. The molecule has 0 aliphatic rings. The Morgan fingerprint density at radius 3 is 2.54 bits per heavy atom. The van der Waals surface area contributed by atoms with Crippen LogP contribution < -0.4 is 0 Å². The summed E-state index contributed by atoms with van der Waals surface area (Å²) in [5, 5.41) is 25.2. The summed E-state index contributed by atoms with van der Waals surface area (Å²) in [5.74, 6) is -1.30. The van der Waals surface area contributed by atoms with E-state index in [-0.39, 0.29) is 0 Å². The second-order valence-corrected chi connectivity index (χ2v) is 6.28. The van der Waals surface area contributed by atoms with E-state index in [9.17, 15) is 9.90 Å². The smallest absolute Gasteiger partial charge is 0.337 e. The molecule has 0 saturated carbocycles. The lowest BCUT2D eigenvalue weighted by Gasteiger charge is -2.10. The van der Waals surface area contributed by atoms with Crippen LogP contribution in [0.3, 0.4) is 0 Å². The van der Waals surface area contributed by atoms with Crippen LogP contribution in [0.25, 0.3) is 10.9 Å². The summed E-state index contributed by atoms with van der Waals surface area (Å²) in [4.78, 5) is 11.0. The van der Waals surface area contributed by atoms with Gasteiger partial charge in [-0.3, -0.25) is 4.68 Å². The minimum absolute atomic E-state index is 0.293. The van der Waals surface area contributed by atoms with Crippen molar-refractivity contribution in [1.82, 2.24) is 9.78 Å². The van der Waals surface area contributed by atoms with Crippen molar-refractivity contribution in [3.63, 3.8) is 0 Å². The molecule has 1 unspecified atom stereocenters. The van der Waals surface area contributed by atoms with Gasteiger partial charge in [-0.05, 0) is 30.7 Å². The Morgan fingerprint density at radius 2 is 1.92 bits per heavy atom. The fourth-order valence-electron chi connectivity index (χ4n) is 2.62. The molecule has 0 bridgehead atoms. The van der Waals surface area contributed by atoms with Gasteiger partial charge in [0, 0.05) is 21.0 Å². The lowest BCUT2D eigenvalue weighted by molar-refractivity contribution is -0.146. The van der Waals surface area contributed by atoms with Crippen LogP contribution in [0.4, 0.5) is 0 Å². The fraction of sp³-hybridized carbons (Fsp3) is 0.176. The molecule has 2 aromatic carbocycles. The van der Waals surface area contributed by atoms with Gasteiger partial charge in [0.05, 0.1) is 17.8 Å². The highest BCUT2D eigenvalue weighted by molar-refractivity contribution is 6.36. The number of halogens is 2. The van der Waals surface area contributed by atoms with Crippen molar-refractivity contribution >= 4 is 40.1 Å². The number of hydrogen-bond acceptors (Lipinski definition) is 3. The number of carbonyl (C=O) groups is 1. The fourth-order valence-corrected chi connectivity index (χ4v) is 3.14. The minimum Gasteiger partial charge on any atom is -0.479 e. The first kappa shape index (κ1) is 16.8. The Balaban J connectivity index is 2.11. The van der Waals surface area contributed by atoms with E-state index < -0.39 is 12.1 Å². The summed E-state index contributed by atoms with van der Waals surface area (Å²) in [5.41, 5.74) is 2.53. The first-order valence-electron chi connectivity index (χ1n) is 7.19. The molecule has 3 aromatic rings. The number of carboxylic acid groups (broad SMARTS) is 1. The third-order valence-electron chi connectivity index (χ3n) is 3.88. The SMILES string of the molecule is Cc1nn(Cc2c(Cl)cccc2Cl)c2cc(C(O)C(=O)O)ccc12. The van der Waals surface area contributed by atoms with Crippen LogP contribution in [-0.4, -0.2) is 26.0 Å². The monoisotopic (exact) mass is 364 g/mol. The lowest BCUT2D eigenvalue weighted by atomic mass is 10.1. The molecule has 0 amide bonds. The summed E-state index contributed by atoms with van der Waals surface area (Å²) >= 11 is 12.4. The molecule has 3 rings (SSSR count). The van der Waals surface area contributed by atoms with Crippen LogP contribution in [-0.2, 0) is 11.3 Å². The minimum atomic E-state index is -1.58. The van der Waals surface area contributed by atoms with Crippen LogP contribution in [0.15, 0.2) is 36.4 Å². The van der Waals surface area contributed by atoms with Gasteiger partial charge in [-0.15, -0.1) is 0 Å². The molecule has 24 heavy (non-hydrogen) atoms. The van der Waals surface area contributed by atoms with Crippen molar-refractivity contribution in [3.05, 3.63) is 63.3 Å². The van der Waals surface area contributed by atoms with E-state index >= 15 is 0 Å². The molecule has 1 heterocycles. The van der Waals surface area contributed by atoms with E-state index in [4.69, 9.17) is 28.3 Å². The number of aryl methyl sites for hydroxylation is 1. The Hall–Kier alpha value is -2.08. The van der Waals surface area contributed by atoms with Crippen molar-refractivity contribution in [2.75, 3.05) is 0 Å². The molecule has 1 atom stereocenters. The van der Waals surface area contributed by atoms with E-state index in [0.717, 1.165) is 16.6 Å². The van der Waals surface area contributed by atoms with Gasteiger partial charge in [0.1, 0.15) is 0 Å². The van der Waals surface area contributed by atoms with Crippen molar-refractivity contribution < 1.29 is 15.0 Å². The summed E-state index contributed by atoms with van der Waals surface area (Å²) in [7, 11) is 0. The number of aliphatic hydroxyl groups is 1. The molecule has 7 heteroatoms. The Labute approximate surface area is 148 Å². The highest BCUT2D eigenvalue weighted by Gasteiger charge is 2.18. The number of fused-ring (bicyclic) bond motifs is 1. The Bertz CT molecular complexity index is 917. The number of aliphatic hydroxyl groups excluding tert-OH is 1. The zero-order valence-electron chi connectivity index (χ0n) is 12.7. The van der Waals surface area contributed by atoms with E-state index in [1.807, 2.05) is 6.92 Å². The number of aromatic nitrogens is 2. The number of benzene rings is 2. The summed E-state index contributed by atoms with van der Waals surface area (Å²) in [6.45, 7) is 2.20. The van der Waals surface area contributed by atoms with Crippen LogP contribution >= 0.6 is 23.2 Å². The number of rotatable bonds is 4. The van der Waals surface area contributed by atoms with Gasteiger partial charge in [0.25, 0.3) is 0 Å².